The van der Waals surface area contributed by atoms with Gasteiger partial charge in [0.15, 0.2) is 0 Å². The largest absolute Gasteiger partial charge is 0.356 e. The van der Waals surface area contributed by atoms with Gasteiger partial charge in [-0.15, -0.1) is 0 Å². The first-order valence-corrected chi connectivity index (χ1v) is 10.6. The molecule has 30 heavy (non-hydrogen) atoms. The van der Waals surface area contributed by atoms with Crippen molar-refractivity contribution in [2.75, 3.05) is 19.6 Å². The van der Waals surface area contributed by atoms with E-state index in [1.807, 2.05) is 48.2 Å². The van der Waals surface area contributed by atoms with Crippen LogP contribution in [0.2, 0.25) is 0 Å². The lowest BCUT2D eigenvalue weighted by Gasteiger charge is -2.31. The van der Waals surface area contributed by atoms with Crippen LogP contribution in [0.1, 0.15) is 34.3 Å². The number of fused-ring (bicyclic) bond motifs is 1. The van der Waals surface area contributed by atoms with Gasteiger partial charge in [0.1, 0.15) is 0 Å². The summed E-state index contributed by atoms with van der Waals surface area (Å²) in [6.07, 6.45) is 3.97. The first-order chi connectivity index (χ1) is 14.6. The van der Waals surface area contributed by atoms with Gasteiger partial charge in [0, 0.05) is 42.7 Å². The molecular weight excluding hydrogens is 374 g/mol. The second-order valence-corrected chi connectivity index (χ2v) is 7.91. The highest BCUT2D eigenvalue weighted by Gasteiger charge is 2.28. The molecule has 1 saturated heterocycles. The van der Waals surface area contributed by atoms with E-state index < -0.39 is 0 Å². The quantitative estimate of drug-likeness (QED) is 0.708. The smallest absolute Gasteiger partial charge is 0.254 e. The molecule has 0 aliphatic carbocycles. The number of likely N-dealkylation sites (tertiary alicyclic amines) is 1. The number of carbonyl (C=O) groups is 2. The summed E-state index contributed by atoms with van der Waals surface area (Å²) in [5, 5.41) is 4.20. The van der Waals surface area contributed by atoms with E-state index in [1.165, 1.54) is 0 Å². The molecule has 1 aliphatic rings. The van der Waals surface area contributed by atoms with Gasteiger partial charge in [-0.2, -0.15) is 0 Å². The summed E-state index contributed by atoms with van der Waals surface area (Å²) in [7, 11) is 0. The van der Waals surface area contributed by atoms with Crippen molar-refractivity contribution in [1.29, 1.82) is 0 Å². The van der Waals surface area contributed by atoms with Crippen LogP contribution in [0.3, 0.4) is 0 Å². The molecule has 1 fully saturated rings. The maximum Gasteiger partial charge on any atom is 0.254 e. The maximum atomic E-state index is 12.8. The molecule has 1 aliphatic heterocycles. The van der Waals surface area contributed by atoms with Crippen molar-refractivity contribution >= 4 is 22.7 Å². The van der Waals surface area contributed by atoms with Crippen molar-refractivity contribution in [2.45, 2.75) is 26.2 Å². The highest BCUT2D eigenvalue weighted by molar-refractivity contribution is 5.95. The Hall–Kier alpha value is -3.21. The number of para-hydroxylation sites is 1. The number of hydrogen-bond donors (Lipinski definition) is 1. The molecule has 2 heterocycles. The number of benzene rings is 2. The van der Waals surface area contributed by atoms with Gasteiger partial charge >= 0.3 is 0 Å². The molecule has 0 spiro atoms. The zero-order valence-electron chi connectivity index (χ0n) is 17.3. The second kappa shape index (κ2) is 9.08. The Morgan fingerprint density at radius 3 is 2.60 bits per heavy atom. The third-order valence-electron chi connectivity index (χ3n) is 5.94. The van der Waals surface area contributed by atoms with Crippen molar-refractivity contribution < 1.29 is 9.59 Å². The third kappa shape index (κ3) is 4.35. The molecule has 3 aromatic rings. The van der Waals surface area contributed by atoms with Crippen LogP contribution in [-0.2, 0) is 11.2 Å². The zero-order chi connectivity index (χ0) is 20.9. The molecule has 1 N–H and O–H groups in total. The number of aromatic nitrogens is 1. The fraction of sp³-hybridized carbons (Fsp3) is 0.320. The van der Waals surface area contributed by atoms with Crippen LogP contribution in [0.5, 0.6) is 0 Å². The van der Waals surface area contributed by atoms with Gasteiger partial charge in [-0.3, -0.25) is 14.6 Å². The first-order valence-electron chi connectivity index (χ1n) is 10.6. The van der Waals surface area contributed by atoms with E-state index in [0.717, 1.165) is 34.0 Å². The fourth-order valence-corrected chi connectivity index (χ4v) is 4.16. The van der Waals surface area contributed by atoms with E-state index in [4.69, 9.17) is 0 Å². The van der Waals surface area contributed by atoms with Gasteiger partial charge in [-0.05, 0) is 49.4 Å². The molecule has 0 saturated carbocycles. The fourth-order valence-electron chi connectivity index (χ4n) is 4.16. The van der Waals surface area contributed by atoms with Gasteiger partial charge < -0.3 is 10.2 Å². The Morgan fingerprint density at radius 2 is 1.80 bits per heavy atom. The molecule has 0 atom stereocenters. The topological polar surface area (TPSA) is 62.3 Å². The normalized spacial score (nSPS) is 14.6. The summed E-state index contributed by atoms with van der Waals surface area (Å²) in [4.78, 5) is 31.7. The molecule has 4 rings (SSSR count). The second-order valence-electron chi connectivity index (χ2n) is 7.91. The van der Waals surface area contributed by atoms with Crippen LogP contribution in [0.4, 0.5) is 0 Å². The molecule has 0 radical (unpaired) electrons. The van der Waals surface area contributed by atoms with Gasteiger partial charge in [0.25, 0.3) is 5.91 Å². The molecule has 2 aromatic carbocycles. The molecule has 0 unspecified atom stereocenters. The van der Waals surface area contributed by atoms with Gasteiger partial charge in [-0.1, -0.05) is 42.5 Å². The van der Waals surface area contributed by atoms with Crippen LogP contribution < -0.4 is 5.32 Å². The minimum Gasteiger partial charge on any atom is -0.356 e. The highest BCUT2D eigenvalue weighted by Crippen LogP contribution is 2.21. The zero-order valence-corrected chi connectivity index (χ0v) is 17.3. The van der Waals surface area contributed by atoms with Crippen LogP contribution in [0.15, 0.2) is 60.8 Å². The summed E-state index contributed by atoms with van der Waals surface area (Å²) in [5.74, 6) is 0.123. The lowest BCUT2D eigenvalue weighted by atomic mass is 9.95. The molecule has 1 aromatic heterocycles. The molecular formula is C25H27N3O2. The van der Waals surface area contributed by atoms with Gasteiger partial charge in [0.05, 0.1) is 5.52 Å². The molecule has 2 amide bonds. The monoisotopic (exact) mass is 401 g/mol. The summed E-state index contributed by atoms with van der Waals surface area (Å²) in [5.41, 5.74) is 3.89. The van der Waals surface area contributed by atoms with E-state index in [0.29, 0.717) is 32.5 Å². The van der Waals surface area contributed by atoms with Crippen LogP contribution in [0, 0.1) is 12.8 Å². The van der Waals surface area contributed by atoms with Crippen molar-refractivity contribution in [3.05, 3.63) is 77.5 Å². The number of carbonyl (C=O) groups excluding carboxylic acids is 2. The van der Waals surface area contributed by atoms with E-state index in [2.05, 4.69) is 28.5 Å². The van der Waals surface area contributed by atoms with Crippen molar-refractivity contribution in [3.8, 4) is 0 Å². The SMILES string of the molecule is Cc1ccccc1C(=O)N1CCC(C(=O)NCCc2cccc3cccnc23)CC1. The summed E-state index contributed by atoms with van der Waals surface area (Å²) < 4.78 is 0. The van der Waals surface area contributed by atoms with Gasteiger partial charge in [-0.25, -0.2) is 0 Å². The Bertz CT molecular complexity index is 1050. The van der Waals surface area contributed by atoms with Crippen LogP contribution in [0.25, 0.3) is 10.9 Å². The van der Waals surface area contributed by atoms with Crippen molar-refractivity contribution in [3.63, 3.8) is 0 Å². The lowest BCUT2D eigenvalue weighted by Crippen LogP contribution is -2.43. The Kier molecular flexibility index (Phi) is 6.07. The maximum absolute atomic E-state index is 12.8. The minimum absolute atomic E-state index is 0.0310. The Balaban J connectivity index is 1.27. The van der Waals surface area contributed by atoms with Gasteiger partial charge in [0.2, 0.25) is 5.91 Å². The molecule has 154 valence electrons. The average molecular weight is 402 g/mol. The summed E-state index contributed by atoms with van der Waals surface area (Å²) >= 11 is 0. The molecule has 0 bridgehead atoms. The number of pyridine rings is 1. The van der Waals surface area contributed by atoms with E-state index >= 15 is 0 Å². The predicted octanol–water partition coefficient (Wildman–Crippen LogP) is 3.75. The van der Waals surface area contributed by atoms with Crippen molar-refractivity contribution in [1.82, 2.24) is 15.2 Å². The average Bonchev–Trinajstić information content (AvgIpc) is 2.79. The predicted molar refractivity (Wildman–Crippen MR) is 118 cm³/mol. The molecule has 5 heteroatoms. The van der Waals surface area contributed by atoms with Crippen molar-refractivity contribution in [2.24, 2.45) is 5.92 Å². The molecule has 5 nitrogen and oxygen atoms in total. The summed E-state index contributed by atoms with van der Waals surface area (Å²) in [6.45, 7) is 3.80. The van der Waals surface area contributed by atoms with E-state index in [-0.39, 0.29) is 17.7 Å². The van der Waals surface area contributed by atoms with E-state index in [9.17, 15) is 9.59 Å². The first kappa shape index (κ1) is 20.1. The minimum atomic E-state index is -0.0310. The summed E-state index contributed by atoms with van der Waals surface area (Å²) in [6, 6.07) is 17.8. The lowest BCUT2D eigenvalue weighted by molar-refractivity contribution is -0.126. The van der Waals surface area contributed by atoms with Crippen LogP contribution in [-0.4, -0.2) is 41.3 Å². The van der Waals surface area contributed by atoms with Crippen LogP contribution >= 0.6 is 0 Å². The standard InChI is InChI=1S/C25H27N3O2/c1-18-6-2-3-10-22(18)25(30)28-16-12-21(13-17-28)24(29)27-15-11-20-8-4-7-19-9-5-14-26-23(19)20/h2-10,14,21H,11-13,15-17H2,1H3,(H,27,29). The number of nitrogens with one attached hydrogen (secondary N) is 1. The number of aryl methyl sites for hydroxylation is 1. The highest BCUT2D eigenvalue weighted by atomic mass is 16.2. The Labute approximate surface area is 177 Å². The van der Waals surface area contributed by atoms with E-state index in [1.54, 1.807) is 6.20 Å². The Morgan fingerprint density at radius 1 is 1.03 bits per heavy atom. The third-order valence-corrected chi connectivity index (χ3v) is 5.94. The number of hydrogen-bond acceptors (Lipinski definition) is 3. The number of piperidine rings is 1. The number of amides is 2. The number of rotatable bonds is 5. The number of nitrogens with zero attached hydrogens (tertiary/aromatic N) is 2.